The van der Waals surface area contributed by atoms with Crippen LogP contribution in [0.2, 0.25) is 10.0 Å². The van der Waals surface area contributed by atoms with Crippen LogP contribution in [-0.2, 0) is 4.79 Å². The number of halogens is 2. The molecule has 1 aliphatic heterocycles. The van der Waals surface area contributed by atoms with Crippen molar-refractivity contribution in [1.29, 1.82) is 0 Å². The van der Waals surface area contributed by atoms with Gasteiger partial charge in [-0.15, -0.1) is 0 Å². The van der Waals surface area contributed by atoms with Gasteiger partial charge in [-0.1, -0.05) is 29.3 Å². The summed E-state index contributed by atoms with van der Waals surface area (Å²) in [4.78, 5) is 37.9. The van der Waals surface area contributed by atoms with Crippen LogP contribution in [0.15, 0.2) is 30.3 Å². The fourth-order valence-electron chi connectivity index (χ4n) is 2.59. The second-order valence-electron chi connectivity index (χ2n) is 5.86. The zero-order chi connectivity index (χ0) is 18.3. The maximum absolute atomic E-state index is 12.4. The quantitative estimate of drug-likeness (QED) is 0.827. The lowest BCUT2D eigenvalue weighted by Crippen LogP contribution is -2.37. The summed E-state index contributed by atoms with van der Waals surface area (Å²) in [5.74, 6) is -1.59. The number of fused-ring (bicyclic) bond motifs is 1. The van der Waals surface area contributed by atoms with Gasteiger partial charge in [0, 0.05) is 5.69 Å². The minimum absolute atomic E-state index is 0.151. The first-order valence-corrected chi connectivity index (χ1v) is 8.26. The molecule has 1 heterocycles. The van der Waals surface area contributed by atoms with E-state index >= 15 is 0 Å². The Labute approximate surface area is 154 Å². The number of carbonyl (C=O) groups excluding carboxylic acids is 3. The molecule has 7 heteroatoms. The topological polar surface area (TPSA) is 66.5 Å². The summed E-state index contributed by atoms with van der Waals surface area (Å²) >= 11 is 11.8. The molecule has 3 rings (SSSR count). The standard InChI is InChI=1S/C18H14Cl2N2O3/c1-9-3-4-11(5-10(9)2)21-16(23)8-22-17(24)12-6-14(19)15(20)7-13(12)18(22)25/h3-7H,8H2,1-2H3,(H,21,23). The van der Waals surface area contributed by atoms with E-state index in [2.05, 4.69) is 5.32 Å². The van der Waals surface area contributed by atoms with Crippen molar-refractivity contribution in [3.63, 3.8) is 0 Å². The maximum Gasteiger partial charge on any atom is 0.262 e. The molecule has 0 spiro atoms. The molecule has 0 aliphatic carbocycles. The van der Waals surface area contributed by atoms with Gasteiger partial charge >= 0.3 is 0 Å². The van der Waals surface area contributed by atoms with E-state index in [1.54, 1.807) is 6.07 Å². The Balaban J connectivity index is 1.77. The van der Waals surface area contributed by atoms with Crippen LogP contribution in [0.4, 0.5) is 5.69 Å². The number of hydrogen-bond donors (Lipinski definition) is 1. The van der Waals surface area contributed by atoms with Gasteiger partial charge in [0.1, 0.15) is 6.54 Å². The van der Waals surface area contributed by atoms with Crippen molar-refractivity contribution in [2.45, 2.75) is 13.8 Å². The number of carbonyl (C=O) groups is 3. The average Bonchev–Trinajstić information content (AvgIpc) is 2.76. The Morgan fingerprint density at radius 1 is 0.960 bits per heavy atom. The molecule has 5 nitrogen and oxygen atoms in total. The summed E-state index contributed by atoms with van der Waals surface area (Å²) in [5.41, 5.74) is 3.04. The number of rotatable bonds is 3. The zero-order valence-corrected chi connectivity index (χ0v) is 15.0. The highest BCUT2D eigenvalue weighted by Gasteiger charge is 2.37. The maximum atomic E-state index is 12.4. The van der Waals surface area contributed by atoms with Gasteiger partial charge in [0.05, 0.1) is 21.2 Å². The predicted octanol–water partition coefficient (Wildman–Crippen LogP) is 3.84. The molecule has 1 N–H and O–H groups in total. The van der Waals surface area contributed by atoms with Crippen LogP contribution in [0.5, 0.6) is 0 Å². The highest BCUT2D eigenvalue weighted by molar-refractivity contribution is 6.43. The van der Waals surface area contributed by atoms with Crippen LogP contribution in [0.1, 0.15) is 31.8 Å². The molecule has 0 fully saturated rings. The summed E-state index contributed by atoms with van der Waals surface area (Å²) in [7, 11) is 0. The number of nitrogens with one attached hydrogen (secondary N) is 1. The second-order valence-corrected chi connectivity index (χ2v) is 6.67. The minimum Gasteiger partial charge on any atom is -0.325 e. The van der Waals surface area contributed by atoms with E-state index in [0.29, 0.717) is 5.69 Å². The van der Waals surface area contributed by atoms with E-state index in [4.69, 9.17) is 23.2 Å². The summed E-state index contributed by atoms with van der Waals surface area (Å²) in [5, 5.41) is 3.06. The molecule has 1 aliphatic rings. The van der Waals surface area contributed by atoms with E-state index in [0.717, 1.165) is 16.0 Å². The molecule has 2 aromatic carbocycles. The molecule has 2 aromatic rings. The van der Waals surface area contributed by atoms with Crippen molar-refractivity contribution < 1.29 is 14.4 Å². The fourth-order valence-corrected chi connectivity index (χ4v) is 2.92. The van der Waals surface area contributed by atoms with Crippen molar-refractivity contribution in [3.05, 3.63) is 62.6 Å². The number of benzene rings is 2. The molecular formula is C18H14Cl2N2O3. The average molecular weight is 377 g/mol. The molecular weight excluding hydrogens is 363 g/mol. The van der Waals surface area contributed by atoms with Gasteiger partial charge in [0.15, 0.2) is 0 Å². The van der Waals surface area contributed by atoms with Gasteiger partial charge in [-0.3, -0.25) is 19.3 Å². The Bertz CT molecular complexity index is 884. The van der Waals surface area contributed by atoms with E-state index in [-0.39, 0.29) is 27.7 Å². The predicted molar refractivity (Wildman–Crippen MR) is 96.4 cm³/mol. The lowest BCUT2D eigenvalue weighted by molar-refractivity contribution is -0.116. The van der Waals surface area contributed by atoms with Crippen molar-refractivity contribution in [1.82, 2.24) is 4.90 Å². The van der Waals surface area contributed by atoms with Gasteiger partial charge in [-0.05, 0) is 49.2 Å². The third-order valence-electron chi connectivity index (χ3n) is 4.10. The minimum atomic E-state index is -0.561. The van der Waals surface area contributed by atoms with E-state index in [1.165, 1.54) is 12.1 Å². The van der Waals surface area contributed by atoms with E-state index in [9.17, 15) is 14.4 Å². The van der Waals surface area contributed by atoms with Crippen molar-refractivity contribution in [3.8, 4) is 0 Å². The molecule has 0 bridgehead atoms. The van der Waals surface area contributed by atoms with Gasteiger partial charge in [0.25, 0.3) is 11.8 Å². The third-order valence-corrected chi connectivity index (χ3v) is 4.83. The number of anilines is 1. The van der Waals surface area contributed by atoms with Gasteiger partial charge in [-0.2, -0.15) is 0 Å². The molecule has 0 atom stereocenters. The van der Waals surface area contributed by atoms with Crippen molar-refractivity contribution >= 4 is 46.6 Å². The van der Waals surface area contributed by atoms with Crippen LogP contribution < -0.4 is 5.32 Å². The van der Waals surface area contributed by atoms with E-state index < -0.39 is 17.7 Å². The number of imide groups is 1. The summed E-state index contributed by atoms with van der Waals surface area (Å²) in [6, 6.07) is 8.18. The van der Waals surface area contributed by atoms with Crippen molar-refractivity contribution in [2.24, 2.45) is 0 Å². The number of amides is 3. The molecule has 25 heavy (non-hydrogen) atoms. The molecule has 3 amide bonds. The lowest BCUT2D eigenvalue weighted by atomic mass is 10.1. The normalized spacial score (nSPS) is 13.2. The Morgan fingerprint density at radius 3 is 2.04 bits per heavy atom. The molecule has 0 unspecified atom stereocenters. The van der Waals surface area contributed by atoms with Crippen LogP contribution in [0.25, 0.3) is 0 Å². The first-order chi connectivity index (χ1) is 11.8. The summed E-state index contributed by atoms with van der Waals surface area (Å²) in [6.45, 7) is 3.52. The van der Waals surface area contributed by atoms with Crippen LogP contribution in [-0.4, -0.2) is 29.2 Å². The Kier molecular flexibility index (Phi) is 4.54. The Hall–Kier alpha value is -2.37. The van der Waals surface area contributed by atoms with Crippen LogP contribution >= 0.6 is 23.2 Å². The highest BCUT2D eigenvalue weighted by atomic mass is 35.5. The Morgan fingerprint density at radius 2 is 1.52 bits per heavy atom. The van der Waals surface area contributed by atoms with Gasteiger partial charge < -0.3 is 5.32 Å². The summed E-state index contributed by atoms with van der Waals surface area (Å²) in [6.07, 6.45) is 0. The summed E-state index contributed by atoms with van der Waals surface area (Å²) < 4.78 is 0. The van der Waals surface area contributed by atoms with Crippen LogP contribution in [0, 0.1) is 13.8 Å². The fraction of sp³-hybridized carbons (Fsp3) is 0.167. The number of nitrogens with zero attached hydrogens (tertiary/aromatic N) is 1. The monoisotopic (exact) mass is 376 g/mol. The molecule has 0 aromatic heterocycles. The smallest absolute Gasteiger partial charge is 0.262 e. The second kappa shape index (κ2) is 6.50. The van der Waals surface area contributed by atoms with Crippen molar-refractivity contribution in [2.75, 3.05) is 11.9 Å². The number of aryl methyl sites for hydroxylation is 2. The molecule has 0 saturated heterocycles. The van der Waals surface area contributed by atoms with Gasteiger partial charge in [0.2, 0.25) is 5.91 Å². The zero-order valence-electron chi connectivity index (χ0n) is 13.5. The highest BCUT2D eigenvalue weighted by Crippen LogP contribution is 2.31. The first kappa shape index (κ1) is 17.5. The lowest BCUT2D eigenvalue weighted by Gasteiger charge is -2.14. The van der Waals surface area contributed by atoms with Crippen LogP contribution in [0.3, 0.4) is 0 Å². The number of hydrogen-bond acceptors (Lipinski definition) is 3. The third kappa shape index (κ3) is 3.25. The SMILES string of the molecule is Cc1ccc(NC(=O)CN2C(=O)c3cc(Cl)c(Cl)cc3C2=O)cc1C. The van der Waals surface area contributed by atoms with Gasteiger partial charge in [-0.25, -0.2) is 0 Å². The first-order valence-electron chi connectivity index (χ1n) is 7.50. The molecule has 0 radical (unpaired) electrons. The molecule has 0 saturated carbocycles. The largest absolute Gasteiger partial charge is 0.325 e. The molecule has 128 valence electrons. The van der Waals surface area contributed by atoms with E-state index in [1.807, 2.05) is 26.0 Å².